The summed E-state index contributed by atoms with van der Waals surface area (Å²) in [6.07, 6.45) is 1.54. The van der Waals surface area contributed by atoms with E-state index in [4.69, 9.17) is 9.15 Å². The molecule has 1 unspecified atom stereocenters. The van der Waals surface area contributed by atoms with Crippen molar-refractivity contribution in [3.05, 3.63) is 60.2 Å². The summed E-state index contributed by atoms with van der Waals surface area (Å²) in [6, 6.07) is 20.5. The van der Waals surface area contributed by atoms with Gasteiger partial charge in [-0.2, -0.15) is 5.26 Å². The largest absolute Gasteiger partial charge is 0.456 e. The number of nitriles is 1. The number of hydrogen-bond donors (Lipinski definition) is 0. The van der Waals surface area contributed by atoms with Crippen molar-refractivity contribution in [3.63, 3.8) is 0 Å². The molecule has 0 amide bonds. The molecule has 0 bridgehead atoms. The molecule has 0 aliphatic carbocycles. The molecule has 0 fully saturated rings. The SMILES string of the molecule is CCCN=C1Oc2cc(-c3ccc(-c4ccc(N(C)C)cc4)o3)ccc2CC1C#N. The highest BCUT2D eigenvalue weighted by Crippen LogP contribution is 2.35. The summed E-state index contributed by atoms with van der Waals surface area (Å²) < 4.78 is 12.1. The maximum absolute atomic E-state index is 9.45. The van der Waals surface area contributed by atoms with Gasteiger partial charge in [0, 0.05) is 43.9 Å². The summed E-state index contributed by atoms with van der Waals surface area (Å²) in [6.45, 7) is 2.72. The molecular formula is C25H25N3O2. The van der Waals surface area contributed by atoms with Crippen LogP contribution in [0.1, 0.15) is 18.9 Å². The molecule has 0 saturated heterocycles. The maximum Gasteiger partial charge on any atom is 0.207 e. The Morgan fingerprint density at radius 2 is 1.73 bits per heavy atom. The van der Waals surface area contributed by atoms with Crippen LogP contribution >= 0.6 is 0 Å². The minimum Gasteiger partial charge on any atom is -0.456 e. The second-order valence-corrected chi connectivity index (χ2v) is 7.64. The number of hydrogen-bond acceptors (Lipinski definition) is 5. The van der Waals surface area contributed by atoms with E-state index in [1.807, 2.05) is 44.4 Å². The summed E-state index contributed by atoms with van der Waals surface area (Å²) >= 11 is 0. The molecule has 30 heavy (non-hydrogen) atoms. The van der Waals surface area contributed by atoms with Gasteiger partial charge in [-0.3, -0.25) is 4.99 Å². The smallest absolute Gasteiger partial charge is 0.207 e. The van der Waals surface area contributed by atoms with Crippen LogP contribution in [0.25, 0.3) is 22.6 Å². The van der Waals surface area contributed by atoms with Crippen LogP contribution in [-0.4, -0.2) is 26.5 Å². The molecule has 2 heterocycles. The first-order chi connectivity index (χ1) is 14.6. The topological polar surface area (TPSA) is 61.8 Å². The van der Waals surface area contributed by atoms with Crippen LogP contribution in [0.15, 0.2) is 64.0 Å². The Balaban J connectivity index is 1.60. The molecule has 2 aromatic carbocycles. The van der Waals surface area contributed by atoms with Crippen LogP contribution in [0, 0.1) is 17.2 Å². The molecule has 1 aliphatic rings. The highest BCUT2D eigenvalue weighted by molar-refractivity contribution is 5.86. The van der Waals surface area contributed by atoms with E-state index >= 15 is 0 Å². The van der Waals surface area contributed by atoms with Crippen molar-refractivity contribution in [3.8, 4) is 34.5 Å². The Morgan fingerprint density at radius 3 is 2.40 bits per heavy atom. The maximum atomic E-state index is 9.45. The minimum atomic E-state index is -0.324. The minimum absolute atomic E-state index is 0.324. The Morgan fingerprint density at radius 1 is 1.03 bits per heavy atom. The van der Waals surface area contributed by atoms with Crippen molar-refractivity contribution in [2.45, 2.75) is 19.8 Å². The zero-order valence-corrected chi connectivity index (χ0v) is 17.6. The lowest BCUT2D eigenvalue weighted by atomic mass is 9.95. The molecular weight excluding hydrogens is 374 g/mol. The van der Waals surface area contributed by atoms with Crippen LogP contribution in [0.2, 0.25) is 0 Å². The van der Waals surface area contributed by atoms with Crippen LogP contribution in [0.4, 0.5) is 5.69 Å². The fourth-order valence-electron chi connectivity index (χ4n) is 3.50. The number of nitrogens with zero attached hydrogens (tertiary/aromatic N) is 3. The number of aliphatic imine (C=N–C) groups is 1. The Hall–Kier alpha value is -3.52. The van der Waals surface area contributed by atoms with Gasteiger partial charge >= 0.3 is 0 Å². The van der Waals surface area contributed by atoms with Crippen molar-refractivity contribution in [2.75, 3.05) is 25.5 Å². The molecule has 5 heteroatoms. The van der Waals surface area contributed by atoms with Gasteiger partial charge in [-0.15, -0.1) is 0 Å². The monoisotopic (exact) mass is 399 g/mol. The molecule has 152 valence electrons. The van der Waals surface area contributed by atoms with Gasteiger partial charge in [-0.1, -0.05) is 19.1 Å². The predicted molar refractivity (Wildman–Crippen MR) is 120 cm³/mol. The second kappa shape index (κ2) is 8.46. The molecule has 3 aromatic rings. The zero-order chi connectivity index (χ0) is 21.1. The molecule has 0 saturated carbocycles. The Kier molecular flexibility index (Phi) is 5.58. The molecule has 0 radical (unpaired) electrons. The predicted octanol–water partition coefficient (Wildman–Crippen LogP) is 5.56. The van der Waals surface area contributed by atoms with Crippen molar-refractivity contribution in [1.29, 1.82) is 5.26 Å². The first-order valence-corrected chi connectivity index (χ1v) is 10.2. The molecule has 0 N–H and O–H groups in total. The van der Waals surface area contributed by atoms with E-state index in [-0.39, 0.29) is 5.92 Å². The molecule has 5 nitrogen and oxygen atoms in total. The van der Waals surface area contributed by atoms with Crippen LogP contribution < -0.4 is 9.64 Å². The van der Waals surface area contributed by atoms with E-state index in [0.29, 0.717) is 18.9 Å². The van der Waals surface area contributed by atoms with Crippen LogP contribution in [0.3, 0.4) is 0 Å². The number of anilines is 1. The summed E-state index contributed by atoms with van der Waals surface area (Å²) in [4.78, 5) is 6.53. The highest BCUT2D eigenvalue weighted by atomic mass is 16.5. The van der Waals surface area contributed by atoms with E-state index < -0.39 is 0 Å². The number of ether oxygens (including phenoxy) is 1. The summed E-state index contributed by atoms with van der Waals surface area (Å²) in [5, 5.41) is 9.45. The number of benzene rings is 2. The number of furan rings is 1. The lowest BCUT2D eigenvalue weighted by molar-refractivity contribution is 0.473. The molecule has 4 rings (SSSR count). The first kappa shape index (κ1) is 19.8. The average Bonchev–Trinajstić information content (AvgIpc) is 3.27. The molecule has 0 spiro atoms. The van der Waals surface area contributed by atoms with Gasteiger partial charge < -0.3 is 14.1 Å². The zero-order valence-electron chi connectivity index (χ0n) is 17.6. The van der Waals surface area contributed by atoms with E-state index in [1.165, 1.54) is 0 Å². The van der Waals surface area contributed by atoms with Gasteiger partial charge in [0.1, 0.15) is 23.2 Å². The van der Waals surface area contributed by atoms with Gasteiger partial charge in [0.15, 0.2) is 0 Å². The molecule has 1 aliphatic heterocycles. The van der Waals surface area contributed by atoms with Gasteiger partial charge in [-0.25, -0.2) is 0 Å². The molecule has 1 atom stereocenters. The van der Waals surface area contributed by atoms with Crippen molar-refractivity contribution < 1.29 is 9.15 Å². The van der Waals surface area contributed by atoms with Gasteiger partial charge in [0.05, 0.1) is 6.07 Å². The van der Waals surface area contributed by atoms with E-state index in [2.05, 4.69) is 47.2 Å². The quantitative estimate of drug-likeness (QED) is 0.563. The lowest BCUT2D eigenvalue weighted by Gasteiger charge is -2.22. The van der Waals surface area contributed by atoms with Gasteiger partial charge in [0.2, 0.25) is 5.90 Å². The van der Waals surface area contributed by atoms with E-state index in [9.17, 15) is 5.26 Å². The summed E-state index contributed by atoms with van der Waals surface area (Å²) in [7, 11) is 4.05. The fourth-order valence-corrected chi connectivity index (χ4v) is 3.50. The third-order valence-corrected chi connectivity index (χ3v) is 5.21. The van der Waals surface area contributed by atoms with Gasteiger partial charge in [0.25, 0.3) is 0 Å². The van der Waals surface area contributed by atoms with Gasteiger partial charge in [-0.05, 0) is 54.4 Å². The van der Waals surface area contributed by atoms with E-state index in [0.717, 1.165) is 46.1 Å². The number of fused-ring (bicyclic) bond motifs is 1. The summed E-state index contributed by atoms with van der Waals surface area (Å²) in [5.74, 6) is 2.55. The highest BCUT2D eigenvalue weighted by Gasteiger charge is 2.27. The van der Waals surface area contributed by atoms with Crippen molar-refractivity contribution in [2.24, 2.45) is 10.9 Å². The lowest BCUT2D eigenvalue weighted by Crippen LogP contribution is -2.27. The third-order valence-electron chi connectivity index (χ3n) is 5.21. The first-order valence-electron chi connectivity index (χ1n) is 10.2. The molecule has 1 aromatic heterocycles. The van der Waals surface area contributed by atoms with E-state index in [1.54, 1.807) is 0 Å². The van der Waals surface area contributed by atoms with Crippen LogP contribution in [-0.2, 0) is 6.42 Å². The fraction of sp³-hybridized carbons (Fsp3) is 0.280. The van der Waals surface area contributed by atoms with Crippen molar-refractivity contribution in [1.82, 2.24) is 0 Å². The Labute approximate surface area is 177 Å². The Bertz CT molecular complexity index is 1100. The van der Waals surface area contributed by atoms with Crippen molar-refractivity contribution >= 4 is 11.6 Å². The average molecular weight is 399 g/mol. The normalized spacial score (nSPS) is 16.6. The second-order valence-electron chi connectivity index (χ2n) is 7.64. The van der Waals surface area contributed by atoms with Crippen LogP contribution in [0.5, 0.6) is 5.75 Å². The number of rotatable bonds is 5. The third kappa shape index (κ3) is 3.95. The summed E-state index contributed by atoms with van der Waals surface area (Å²) in [5.41, 5.74) is 4.14. The standard InChI is InChI=1S/C25H25N3O2/c1-4-13-27-25-20(16-26)14-18-5-6-19(15-24(18)30-25)23-12-11-22(29-23)17-7-9-21(10-8-17)28(2)3/h5-12,15,20H,4,13-14H2,1-3H3.